The third kappa shape index (κ3) is 4.86. The number of fused-ring (bicyclic) bond motifs is 2. The Morgan fingerprint density at radius 2 is 2.04 bits per heavy atom. The largest absolute Gasteiger partial charge is 0.441 e. The fraction of sp³-hybridized carbons (Fsp3) is 0.579. The van der Waals surface area contributed by atoms with Crippen LogP contribution in [0.1, 0.15) is 43.6 Å². The van der Waals surface area contributed by atoms with Crippen molar-refractivity contribution in [3.8, 4) is 11.5 Å². The number of nitrogens with one attached hydrogen (secondary N) is 1. The van der Waals surface area contributed by atoms with Crippen molar-refractivity contribution in [2.24, 2.45) is 17.6 Å². The number of carbonyl (C=O) groups is 1. The predicted molar refractivity (Wildman–Crippen MR) is 113 cm³/mol. The van der Waals surface area contributed by atoms with Crippen LogP contribution in [0.2, 0.25) is 0 Å². The molecule has 0 saturated heterocycles. The van der Waals surface area contributed by atoms with Crippen molar-refractivity contribution in [2.75, 3.05) is 0 Å². The summed E-state index contributed by atoms with van der Waals surface area (Å²) in [6.07, 6.45) is 5.97. The number of aromatic nitrogens is 1. The maximum Gasteiger partial charge on any atom is 0.227 e. The Labute approximate surface area is 176 Å². The molecular weight excluding hydrogens is 405 g/mol. The van der Waals surface area contributed by atoms with Gasteiger partial charge in [-0.1, -0.05) is 6.42 Å². The van der Waals surface area contributed by atoms with Gasteiger partial charge in [0.2, 0.25) is 11.8 Å². The van der Waals surface area contributed by atoms with E-state index in [1.807, 2.05) is 23.8 Å². The monoisotopic (exact) mass is 431 g/mol. The smallest absolute Gasteiger partial charge is 0.227 e. The summed E-state index contributed by atoms with van der Waals surface area (Å²) in [5.41, 5.74) is 7.88. The van der Waals surface area contributed by atoms with Gasteiger partial charge in [0.15, 0.2) is 0 Å². The van der Waals surface area contributed by atoms with Crippen molar-refractivity contribution >= 4 is 42.1 Å². The van der Waals surface area contributed by atoms with E-state index in [0.29, 0.717) is 23.8 Å². The number of halogens is 2. The molecule has 2 fully saturated rings. The molecule has 0 aliphatic heterocycles. The topological polar surface area (TPSA) is 81.2 Å². The Kier molecular flexibility index (Phi) is 7.74. The van der Waals surface area contributed by atoms with Crippen molar-refractivity contribution in [1.82, 2.24) is 10.3 Å². The van der Waals surface area contributed by atoms with Gasteiger partial charge < -0.3 is 15.5 Å². The summed E-state index contributed by atoms with van der Waals surface area (Å²) < 4.78 is 5.74. The number of nitrogens with zero attached hydrogens (tertiary/aromatic N) is 1. The van der Waals surface area contributed by atoms with Crippen LogP contribution < -0.4 is 11.1 Å². The highest BCUT2D eigenvalue weighted by atomic mass is 35.5. The van der Waals surface area contributed by atoms with Crippen molar-refractivity contribution in [3.63, 3.8) is 0 Å². The summed E-state index contributed by atoms with van der Waals surface area (Å²) in [7, 11) is 0. The zero-order chi connectivity index (χ0) is 17.4. The quantitative estimate of drug-likeness (QED) is 0.762. The van der Waals surface area contributed by atoms with E-state index in [2.05, 4.69) is 10.3 Å². The number of thiophene rings is 1. The van der Waals surface area contributed by atoms with Gasteiger partial charge >= 0.3 is 0 Å². The van der Waals surface area contributed by atoms with E-state index in [0.717, 1.165) is 29.9 Å². The molecule has 27 heavy (non-hydrogen) atoms. The van der Waals surface area contributed by atoms with Gasteiger partial charge in [-0.3, -0.25) is 4.79 Å². The summed E-state index contributed by atoms with van der Waals surface area (Å²) in [6.45, 7) is 1.87. The van der Waals surface area contributed by atoms with Crippen LogP contribution in [0.5, 0.6) is 0 Å². The average Bonchev–Trinajstić information content (AvgIpc) is 3.19. The maximum absolute atomic E-state index is 12.6. The van der Waals surface area contributed by atoms with Crippen LogP contribution >= 0.6 is 36.2 Å². The number of amides is 1. The molecule has 2 bridgehead atoms. The minimum absolute atomic E-state index is 0. The summed E-state index contributed by atoms with van der Waals surface area (Å²) in [5.74, 6) is 2.44. The van der Waals surface area contributed by atoms with Crippen LogP contribution in [0, 0.1) is 18.8 Å². The molecule has 2 aromatic rings. The van der Waals surface area contributed by atoms with E-state index in [9.17, 15) is 4.79 Å². The van der Waals surface area contributed by atoms with Crippen LogP contribution in [0.15, 0.2) is 21.2 Å². The number of aryl methyl sites for hydroxylation is 1. The first kappa shape index (κ1) is 22.2. The predicted octanol–water partition coefficient (Wildman–Crippen LogP) is 4.12. The van der Waals surface area contributed by atoms with Crippen molar-refractivity contribution in [1.29, 1.82) is 0 Å². The molecule has 1 amide bonds. The second-order valence-electron chi connectivity index (χ2n) is 7.49. The van der Waals surface area contributed by atoms with E-state index in [1.165, 1.54) is 19.3 Å². The molecule has 2 aliphatic carbocycles. The highest BCUT2D eigenvalue weighted by Crippen LogP contribution is 2.39. The summed E-state index contributed by atoms with van der Waals surface area (Å²) in [4.78, 5) is 17.1. The standard InChI is InChI=1S/C19H25N3O2S.2ClH/c1-11-16(21-19(24-11)14-5-6-25-10-14)9-17(23)22-18-12-3-2-4-13(18)8-15(20)7-12;;/h5-6,10,12-13,15,18H,2-4,7-9,20H2,1H3,(H,22,23);2*1H. The lowest BCUT2D eigenvalue weighted by atomic mass is 9.67. The van der Waals surface area contributed by atoms with Crippen molar-refractivity contribution < 1.29 is 9.21 Å². The molecule has 0 spiro atoms. The number of oxazole rings is 1. The normalized spacial score (nSPS) is 26.6. The molecule has 2 heterocycles. The first-order valence-corrected chi connectivity index (χ1v) is 10.1. The van der Waals surface area contributed by atoms with E-state index < -0.39 is 0 Å². The van der Waals surface area contributed by atoms with Crippen LogP contribution in [-0.4, -0.2) is 23.0 Å². The van der Waals surface area contributed by atoms with Gasteiger partial charge in [-0.05, 0) is 55.9 Å². The fourth-order valence-electron chi connectivity index (χ4n) is 4.52. The number of hydrogen-bond acceptors (Lipinski definition) is 5. The Hall–Kier alpha value is -1.08. The van der Waals surface area contributed by atoms with E-state index in [-0.39, 0.29) is 43.2 Å². The molecule has 0 radical (unpaired) electrons. The minimum Gasteiger partial charge on any atom is -0.441 e. The molecular formula is C19H27Cl2N3O2S. The van der Waals surface area contributed by atoms with Gasteiger partial charge in [0.1, 0.15) is 5.76 Å². The average molecular weight is 432 g/mol. The van der Waals surface area contributed by atoms with E-state index >= 15 is 0 Å². The Balaban J connectivity index is 0.00000131. The lowest BCUT2D eigenvalue weighted by Crippen LogP contribution is -2.54. The molecule has 5 nitrogen and oxygen atoms in total. The molecule has 2 atom stereocenters. The lowest BCUT2D eigenvalue weighted by Gasteiger charge is -2.45. The SMILES string of the molecule is Cc1oc(-c2ccsc2)nc1CC(=O)NC1C2CCCC1CC(N)C2.Cl.Cl. The Bertz CT molecular complexity index is 736. The number of nitrogens with two attached hydrogens (primary N) is 1. The third-order valence-electron chi connectivity index (χ3n) is 5.69. The molecule has 2 saturated carbocycles. The first-order chi connectivity index (χ1) is 12.1. The van der Waals surface area contributed by atoms with Gasteiger partial charge in [0.05, 0.1) is 12.1 Å². The zero-order valence-electron chi connectivity index (χ0n) is 15.3. The number of hydrogen-bond donors (Lipinski definition) is 2. The third-order valence-corrected chi connectivity index (χ3v) is 6.38. The van der Waals surface area contributed by atoms with Crippen LogP contribution in [0.3, 0.4) is 0 Å². The summed E-state index contributed by atoms with van der Waals surface area (Å²) >= 11 is 1.61. The Morgan fingerprint density at radius 1 is 1.33 bits per heavy atom. The van der Waals surface area contributed by atoms with Crippen LogP contribution in [-0.2, 0) is 11.2 Å². The van der Waals surface area contributed by atoms with E-state index in [4.69, 9.17) is 10.2 Å². The van der Waals surface area contributed by atoms with Gasteiger partial charge in [0.25, 0.3) is 0 Å². The molecule has 2 unspecified atom stereocenters. The molecule has 2 aromatic heterocycles. The van der Waals surface area contributed by atoms with Gasteiger partial charge in [-0.2, -0.15) is 11.3 Å². The molecule has 3 N–H and O–H groups in total. The minimum atomic E-state index is 0. The maximum atomic E-state index is 12.6. The fourth-order valence-corrected chi connectivity index (χ4v) is 5.15. The zero-order valence-corrected chi connectivity index (χ0v) is 17.8. The van der Waals surface area contributed by atoms with Crippen LogP contribution in [0.4, 0.5) is 0 Å². The molecule has 8 heteroatoms. The highest BCUT2D eigenvalue weighted by molar-refractivity contribution is 7.08. The van der Waals surface area contributed by atoms with Gasteiger partial charge in [-0.25, -0.2) is 4.98 Å². The summed E-state index contributed by atoms with van der Waals surface area (Å²) in [5, 5.41) is 7.28. The molecule has 2 aliphatic rings. The molecule has 0 aromatic carbocycles. The van der Waals surface area contributed by atoms with Crippen molar-refractivity contribution in [2.45, 2.75) is 57.5 Å². The second kappa shape index (κ2) is 9.41. The Morgan fingerprint density at radius 3 is 2.67 bits per heavy atom. The first-order valence-electron chi connectivity index (χ1n) is 9.14. The van der Waals surface area contributed by atoms with E-state index in [1.54, 1.807) is 11.3 Å². The van der Waals surface area contributed by atoms with Gasteiger partial charge in [0, 0.05) is 23.0 Å². The number of carbonyl (C=O) groups excluding carboxylic acids is 1. The van der Waals surface area contributed by atoms with Crippen LogP contribution in [0.25, 0.3) is 11.5 Å². The van der Waals surface area contributed by atoms with Crippen molar-refractivity contribution in [3.05, 3.63) is 28.3 Å². The lowest BCUT2D eigenvalue weighted by molar-refractivity contribution is -0.122. The van der Waals surface area contributed by atoms with Gasteiger partial charge in [-0.15, -0.1) is 24.8 Å². The number of rotatable bonds is 4. The second-order valence-corrected chi connectivity index (χ2v) is 8.27. The highest BCUT2D eigenvalue weighted by Gasteiger charge is 2.39. The molecule has 150 valence electrons. The summed E-state index contributed by atoms with van der Waals surface area (Å²) in [6, 6.07) is 2.56. The molecule has 4 rings (SSSR count).